The van der Waals surface area contributed by atoms with Crippen molar-refractivity contribution < 1.29 is 14.3 Å². The molecule has 1 aliphatic heterocycles. The number of ether oxygens (including phenoxy) is 1. The normalized spacial score (nSPS) is 15.2. The van der Waals surface area contributed by atoms with Crippen molar-refractivity contribution in [3.63, 3.8) is 0 Å². The lowest BCUT2D eigenvalue weighted by Gasteiger charge is -2.34. The Kier molecular flexibility index (Phi) is 7.65. The quantitative estimate of drug-likeness (QED) is 0.651. The van der Waals surface area contributed by atoms with E-state index in [0.717, 1.165) is 39.3 Å². The average Bonchev–Trinajstić information content (AvgIpc) is 3.04. The maximum absolute atomic E-state index is 12.7. The number of nitrogens with zero attached hydrogens (tertiary/aromatic N) is 2. The fourth-order valence-electron chi connectivity index (χ4n) is 3.93. The summed E-state index contributed by atoms with van der Waals surface area (Å²) in [5.74, 6) is -0.579. The van der Waals surface area contributed by atoms with Crippen LogP contribution in [-0.2, 0) is 11.3 Å². The molecule has 1 aliphatic rings. The molecule has 0 aliphatic carbocycles. The van der Waals surface area contributed by atoms with Crippen molar-refractivity contribution in [2.24, 2.45) is 0 Å². The van der Waals surface area contributed by atoms with Crippen LogP contribution in [0.25, 0.3) is 0 Å². The van der Waals surface area contributed by atoms with Crippen LogP contribution in [0.3, 0.4) is 0 Å². The number of hydrogen-bond acceptors (Lipinski definition) is 5. The molecule has 1 aromatic heterocycles. The maximum Gasteiger partial charge on any atom is 0.355 e. The molecule has 30 heavy (non-hydrogen) atoms. The Hall–Kier alpha value is -2.64. The Morgan fingerprint density at radius 2 is 1.73 bits per heavy atom. The number of esters is 1. The number of hydrogen-bond donors (Lipinski definition) is 2. The van der Waals surface area contributed by atoms with Gasteiger partial charge in [-0.1, -0.05) is 30.3 Å². The number of aromatic nitrogens is 1. The van der Waals surface area contributed by atoms with Gasteiger partial charge in [0, 0.05) is 51.5 Å². The standard InChI is InChI=1S/C23H32N4O3/c1-4-30-23(29)21-17(2)20(18(3)25-21)22(28)24-10-11-26-12-14-27(15-13-26)16-19-8-6-5-7-9-19/h5-9,25H,4,10-16H2,1-3H3,(H,24,28). The second-order valence-corrected chi connectivity index (χ2v) is 7.70. The van der Waals surface area contributed by atoms with E-state index in [2.05, 4.69) is 44.4 Å². The summed E-state index contributed by atoms with van der Waals surface area (Å²) in [4.78, 5) is 32.5. The van der Waals surface area contributed by atoms with Gasteiger partial charge in [-0.25, -0.2) is 4.79 Å². The number of aromatic amines is 1. The van der Waals surface area contributed by atoms with Crippen LogP contribution in [0.4, 0.5) is 0 Å². The largest absolute Gasteiger partial charge is 0.461 e. The van der Waals surface area contributed by atoms with Gasteiger partial charge in [-0.2, -0.15) is 0 Å². The third-order valence-electron chi connectivity index (χ3n) is 5.57. The molecule has 7 heteroatoms. The van der Waals surface area contributed by atoms with Gasteiger partial charge in [-0.15, -0.1) is 0 Å². The minimum atomic E-state index is -0.425. The lowest BCUT2D eigenvalue weighted by atomic mass is 10.1. The van der Waals surface area contributed by atoms with Crippen LogP contribution in [0.5, 0.6) is 0 Å². The van der Waals surface area contributed by atoms with Gasteiger partial charge in [0.25, 0.3) is 5.91 Å². The van der Waals surface area contributed by atoms with Crippen LogP contribution in [0.15, 0.2) is 30.3 Å². The minimum Gasteiger partial charge on any atom is -0.461 e. The lowest BCUT2D eigenvalue weighted by Crippen LogP contribution is -2.48. The Morgan fingerprint density at radius 1 is 1.07 bits per heavy atom. The molecule has 0 spiro atoms. The van der Waals surface area contributed by atoms with Gasteiger partial charge in [-0.05, 0) is 31.9 Å². The smallest absolute Gasteiger partial charge is 0.355 e. The molecule has 1 aromatic carbocycles. The number of carbonyl (C=O) groups excluding carboxylic acids is 2. The van der Waals surface area contributed by atoms with Gasteiger partial charge < -0.3 is 15.0 Å². The van der Waals surface area contributed by atoms with Crippen LogP contribution in [-0.4, -0.2) is 72.5 Å². The molecule has 1 saturated heterocycles. The fraction of sp³-hybridized carbons (Fsp3) is 0.478. The molecule has 1 amide bonds. The van der Waals surface area contributed by atoms with Crippen LogP contribution in [0.1, 0.15) is 44.6 Å². The van der Waals surface area contributed by atoms with Crippen LogP contribution in [0, 0.1) is 13.8 Å². The highest BCUT2D eigenvalue weighted by Gasteiger charge is 2.23. The highest BCUT2D eigenvalue weighted by molar-refractivity contribution is 6.01. The summed E-state index contributed by atoms with van der Waals surface area (Å²) in [5.41, 5.74) is 3.55. The molecule has 0 bridgehead atoms. The molecule has 1 fully saturated rings. The van der Waals surface area contributed by atoms with E-state index in [4.69, 9.17) is 4.74 Å². The van der Waals surface area contributed by atoms with Gasteiger partial charge >= 0.3 is 5.97 Å². The first-order valence-corrected chi connectivity index (χ1v) is 10.6. The molecule has 0 atom stereocenters. The maximum atomic E-state index is 12.7. The zero-order chi connectivity index (χ0) is 21.5. The lowest BCUT2D eigenvalue weighted by molar-refractivity contribution is 0.0519. The van der Waals surface area contributed by atoms with E-state index in [-0.39, 0.29) is 5.91 Å². The predicted molar refractivity (Wildman–Crippen MR) is 117 cm³/mol. The van der Waals surface area contributed by atoms with Crippen molar-refractivity contribution >= 4 is 11.9 Å². The SMILES string of the molecule is CCOC(=O)c1[nH]c(C)c(C(=O)NCCN2CCN(Cc3ccccc3)CC2)c1C. The van der Waals surface area contributed by atoms with E-state index in [0.29, 0.717) is 35.7 Å². The van der Waals surface area contributed by atoms with Crippen LogP contribution < -0.4 is 5.32 Å². The highest BCUT2D eigenvalue weighted by Crippen LogP contribution is 2.18. The second kappa shape index (κ2) is 10.4. The summed E-state index contributed by atoms with van der Waals surface area (Å²) in [6.45, 7) is 12.1. The molecule has 2 aromatic rings. The summed E-state index contributed by atoms with van der Waals surface area (Å²) >= 11 is 0. The zero-order valence-corrected chi connectivity index (χ0v) is 18.2. The van der Waals surface area contributed by atoms with Gasteiger partial charge in [0.15, 0.2) is 0 Å². The molecule has 2 heterocycles. The predicted octanol–water partition coefficient (Wildman–Crippen LogP) is 2.36. The Labute approximate surface area is 178 Å². The van der Waals surface area contributed by atoms with E-state index in [1.807, 2.05) is 6.07 Å². The summed E-state index contributed by atoms with van der Waals surface area (Å²) in [7, 11) is 0. The highest BCUT2D eigenvalue weighted by atomic mass is 16.5. The number of benzene rings is 1. The molecule has 2 N–H and O–H groups in total. The van der Waals surface area contributed by atoms with Crippen molar-refractivity contribution in [3.8, 4) is 0 Å². The van der Waals surface area contributed by atoms with Crippen molar-refractivity contribution in [2.75, 3.05) is 45.9 Å². The summed E-state index contributed by atoms with van der Waals surface area (Å²) in [6.07, 6.45) is 0. The molecule has 0 radical (unpaired) electrons. The van der Waals surface area contributed by atoms with Crippen molar-refractivity contribution in [3.05, 3.63) is 58.4 Å². The molecular weight excluding hydrogens is 380 g/mol. The van der Waals surface area contributed by atoms with E-state index in [1.165, 1.54) is 5.56 Å². The third-order valence-corrected chi connectivity index (χ3v) is 5.57. The van der Waals surface area contributed by atoms with E-state index < -0.39 is 5.97 Å². The number of piperazine rings is 1. The molecular formula is C23H32N4O3. The first-order chi connectivity index (χ1) is 14.5. The Balaban J connectivity index is 1.44. The van der Waals surface area contributed by atoms with Gasteiger partial charge in [0.05, 0.1) is 12.2 Å². The van der Waals surface area contributed by atoms with Gasteiger partial charge in [0.2, 0.25) is 0 Å². The monoisotopic (exact) mass is 412 g/mol. The number of amides is 1. The second-order valence-electron chi connectivity index (χ2n) is 7.70. The Morgan fingerprint density at radius 3 is 2.40 bits per heavy atom. The topological polar surface area (TPSA) is 77.7 Å². The zero-order valence-electron chi connectivity index (χ0n) is 18.2. The van der Waals surface area contributed by atoms with Gasteiger partial charge in [-0.3, -0.25) is 14.6 Å². The molecule has 7 nitrogen and oxygen atoms in total. The van der Waals surface area contributed by atoms with Crippen molar-refractivity contribution in [1.29, 1.82) is 0 Å². The van der Waals surface area contributed by atoms with Crippen LogP contribution in [0.2, 0.25) is 0 Å². The third kappa shape index (κ3) is 5.49. The first kappa shape index (κ1) is 22.1. The van der Waals surface area contributed by atoms with Crippen LogP contribution >= 0.6 is 0 Å². The summed E-state index contributed by atoms with van der Waals surface area (Å²) in [5, 5.41) is 3.00. The first-order valence-electron chi connectivity index (χ1n) is 10.6. The number of carbonyl (C=O) groups is 2. The van der Waals surface area contributed by atoms with Crippen molar-refractivity contribution in [2.45, 2.75) is 27.3 Å². The molecule has 0 saturated carbocycles. The average molecular weight is 413 g/mol. The Bertz CT molecular complexity index is 855. The summed E-state index contributed by atoms with van der Waals surface area (Å²) < 4.78 is 5.05. The van der Waals surface area contributed by atoms with E-state index in [1.54, 1.807) is 20.8 Å². The molecule has 0 unspecified atom stereocenters. The molecule has 3 rings (SSSR count). The fourth-order valence-corrected chi connectivity index (χ4v) is 3.93. The van der Waals surface area contributed by atoms with E-state index in [9.17, 15) is 9.59 Å². The minimum absolute atomic E-state index is 0.153. The number of rotatable bonds is 8. The number of H-pyrrole nitrogens is 1. The summed E-state index contributed by atoms with van der Waals surface area (Å²) in [6, 6.07) is 10.5. The van der Waals surface area contributed by atoms with Gasteiger partial charge in [0.1, 0.15) is 5.69 Å². The number of nitrogens with one attached hydrogen (secondary N) is 2. The van der Waals surface area contributed by atoms with E-state index >= 15 is 0 Å². The van der Waals surface area contributed by atoms with Crippen molar-refractivity contribution in [1.82, 2.24) is 20.1 Å². The number of aryl methyl sites for hydroxylation is 1. The molecule has 162 valence electrons.